The maximum atomic E-state index is 14.4. The van der Waals surface area contributed by atoms with Crippen molar-refractivity contribution in [3.05, 3.63) is 77.5 Å². The zero-order valence-electron chi connectivity index (χ0n) is 15.2. The fraction of sp³-hybridized carbons (Fsp3) is 0.190. The molecule has 2 aromatic carbocycles. The summed E-state index contributed by atoms with van der Waals surface area (Å²) in [5, 5.41) is 1.46. The van der Waals surface area contributed by atoms with E-state index in [1.165, 1.54) is 0 Å². The Hall–Kier alpha value is -2.58. The molecule has 0 unspecified atom stereocenters. The summed E-state index contributed by atoms with van der Waals surface area (Å²) in [6.45, 7) is 5.70. The number of carbonyl (C=O) groups excluding carboxylic acids is 1. The average Bonchev–Trinajstić information content (AvgIpc) is 2.97. The predicted octanol–water partition coefficient (Wildman–Crippen LogP) is 3.45. The molecule has 0 aliphatic heterocycles. The summed E-state index contributed by atoms with van der Waals surface area (Å²) in [5.41, 5.74) is 2.39. The van der Waals surface area contributed by atoms with Gasteiger partial charge in [0, 0.05) is 16.3 Å². The van der Waals surface area contributed by atoms with Crippen LogP contribution in [0.25, 0.3) is 0 Å². The van der Waals surface area contributed by atoms with E-state index in [9.17, 15) is 9.36 Å². The summed E-state index contributed by atoms with van der Waals surface area (Å²) >= 11 is 0. The van der Waals surface area contributed by atoms with Crippen molar-refractivity contribution in [2.75, 3.05) is 6.61 Å². The maximum Gasteiger partial charge on any atom is 0.340 e. The van der Waals surface area contributed by atoms with E-state index in [-0.39, 0.29) is 0 Å². The zero-order chi connectivity index (χ0) is 18.7. The Morgan fingerprint density at radius 3 is 1.92 bits per heavy atom. The van der Waals surface area contributed by atoms with Gasteiger partial charge in [-0.05, 0) is 26.3 Å². The van der Waals surface area contributed by atoms with Gasteiger partial charge in [-0.15, -0.1) is 0 Å². The summed E-state index contributed by atoms with van der Waals surface area (Å²) in [6.07, 6.45) is 0. The van der Waals surface area contributed by atoms with Crippen molar-refractivity contribution in [2.24, 2.45) is 0 Å². The Morgan fingerprint density at radius 2 is 1.46 bits per heavy atom. The van der Waals surface area contributed by atoms with Crippen LogP contribution >= 0.6 is 7.14 Å². The van der Waals surface area contributed by atoms with Crippen molar-refractivity contribution >= 4 is 29.2 Å². The van der Waals surface area contributed by atoms with Crippen molar-refractivity contribution in [2.45, 2.75) is 20.8 Å². The summed E-state index contributed by atoms with van der Waals surface area (Å²) in [7, 11) is -3.14. The molecule has 5 heteroatoms. The fourth-order valence-corrected chi connectivity index (χ4v) is 6.15. The quantitative estimate of drug-likeness (QED) is 0.555. The second kappa shape index (κ2) is 7.35. The van der Waals surface area contributed by atoms with Gasteiger partial charge in [-0.3, -0.25) is 0 Å². The van der Waals surface area contributed by atoms with Gasteiger partial charge in [0.1, 0.15) is 0 Å². The number of carbonyl (C=O) groups is 1. The van der Waals surface area contributed by atoms with E-state index in [0.29, 0.717) is 28.9 Å². The van der Waals surface area contributed by atoms with Gasteiger partial charge in [0.15, 0.2) is 7.14 Å². The number of nitrogens with one attached hydrogen (secondary N) is 1. The van der Waals surface area contributed by atoms with Crippen LogP contribution < -0.4 is 16.0 Å². The van der Waals surface area contributed by atoms with Gasteiger partial charge in [-0.2, -0.15) is 0 Å². The van der Waals surface area contributed by atoms with Gasteiger partial charge in [0.2, 0.25) is 0 Å². The number of esters is 1. The number of benzene rings is 2. The molecule has 0 saturated carbocycles. The highest BCUT2D eigenvalue weighted by molar-refractivity contribution is 7.85. The Balaban J connectivity index is 2.27. The highest BCUT2D eigenvalue weighted by Crippen LogP contribution is 2.43. The van der Waals surface area contributed by atoms with Crippen LogP contribution in [-0.4, -0.2) is 17.6 Å². The molecule has 0 spiro atoms. The monoisotopic (exact) mass is 367 g/mol. The molecule has 0 amide bonds. The van der Waals surface area contributed by atoms with Crippen molar-refractivity contribution < 1.29 is 14.1 Å². The minimum absolute atomic E-state index is 0.299. The first-order valence-electron chi connectivity index (χ1n) is 8.58. The second-order valence-electron chi connectivity index (χ2n) is 6.10. The third-order valence-electron chi connectivity index (χ3n) is 4.45. The molecule has 1 heterocycles. The number of ether oxygens (including phenoxy) is 1. The first-order valence-corrected chi connectivity index (χ1v) is 10.3. The summed E-state index contributed by atoms with van der Waals surface area (Å²) in [6, 6.07) is 18.8. The largest absolute Gasteiger partial charge is 0.462 e. The lowest BCUT2D eigenvalue weighted by Gasteiger charge is -2.19. The molecule has 0 atom stereocenters. The highest BCUT2D eigenvalue weighted by Gasteiger charge is 2.35. The highest BCUT2D eigenvalue weighted by atomic mass is 31.2. The van der Waals surface area contributed by atoms with Crippen LogP contribution in [0.3, 0.4) is 0 Å². The first-order chi connectivity index (χ1) is 12.5. The summed E-state index contributed by atoms with van der Waals surface area (Å²) in [5.74, 6) is -0.391. The molecule has 3 aromatic rings. The molecular formula is C21H22NO3P. The number of rotatable bonds is 5. The van der Waals surface area contributed by atoms with Crippen molar-refractivity contribution in [3.8, 4) is 0 Å². The zero-order valence-corrected chi connectivity index (χ0v) is 16.0. The Morgan fingerprint density at radius 1 is 0.962 bits per heavy atom. The molecular weight excluding hydrogens is 345 g/mol. The van der Waals surface area contributed by atoms with Gasteiger partial charge in [0.05, 0.1) is 17.6 Å². The van der Waals surface area contributed by atoms with Crippen molar-refractivity contribution in [1.29, 1.82) is 0 Å². The number of H-pyrrole nitrogens is 1. The number of aromatic nitrogens is 1. The number of aryl methyl sites for hydroxylation is 1. The van der Waals surface area contributed by atoms with Crippen LogP contribution in [0, 0.1) is 13.8 Å². The minimum Gasteiger partial charge on any atom is -0.462 e. The minimum atomic E-state index is -3.14. The average molecular weight is 367 g/mol. The lowest BCUT2D eigenvalue weighted by atomic mass is 10.2. The van der Waals surface area contributed by atoms with E-state index >= 15 is 0 Å². The smallest absolute Gasteiger partial charge is 0.340 e. The molecule has 0 aliphatic rings. The van der Waals surface area contributed by atoms with Crippen LogP contribution in [0.15, 0.2) is 60.7 Å². The molecule has 3 rings (SSSR count). The first kappa shape index (κ1) is 18.2. The Bertz CT molecular complexity index is 918. The van der Waals surface area contributed by atoms with Crippen LogP contribution in [0.2, 0.25) is 0 Å². The van der Waals surface area contributed by atoms with E-state index < -0.39 is 13.1 Å². The van der Waals surface area contributed by atoms with E-state index in [4.69, 9.17) is 4.74 Å². The standard InChI is InChI=1S/C21H22NO3P/c1-4-25-21(23)19-15(2)20(22-16(19)3)26(24,17-11-7-5-8-12-17)18-13-9-6-10-14-18/h5-14,22H,4H2,1-3H3. The molecule has 1 N–H and O–H groups in total. The molecule has 0 aliphatic carbocycles. The summed E-state index contributed by atoms with van der Waals surface area (Å²) < 4.78 is 19.6. The van der Waals surface area contributed by atoms with Crippen LogP contribution in [0.4, 0.5) is 0 Å². The summed E-state index contributed by atoms with van der Waals surface area (Å²) in [4.78, 5) is 15.6. The topological polar surface area (TPSA) is 59.2 Å². The van der Waals surface area contributed by atoms with Crippen LogP contribution in [0.5, 0.6) is 0 Å². The van der Waals surface area contributed by atoms with Gasteiger partial charge < -0.3 is 14.3 Å². The lowest BCUT2D eigenvalue weighted by Crippen LogP contribution is -2.27. The van der Waals surface area contributed by atoms with Crippen molar-refractivity contribution in [3.63, 3.8) is 0 Å². The number of hydrogen-bond acceptors (Lipinski definition) is 3. The Labute approximate surface area is 153 Å². The number of hydrogen-bond donors (Lipinski definition) is 1. The van der Waals surface area contributed by atoms with Gasteiger partial charge in [0.25, 0.3) is 0 Å². The van der Waals surface area contributed by atoms with Crippen LogP contribution in [0.1, 0.15) is 28.5 Å². The Kier molecular flexibility index (Phi) is 5.15. The predicted molar refractivity (Wildman–Crippen MR) is 106 cm³/mol. The SMILES string of the molecule is CCOC(=O)c1c(C)[nH]c(P(=O)(c2ccccc2)c2ccccc2)c1C. The van der Waals surface area contributed by atoms with E-state index in [0.717, 1.165) is 10.6 Å². The third-order valence-corrected chi connectivity index (χ3v) is 7.57. The van der Waals surface area contributed by atoms with Gasteiger partial charge in [-0.1, -0.05) is 60.7 Å². The molecule has 4 nitrogen and oxygen atoms in total. The normalized spacial score (nSPS) is 11.3. The third kappa shape index (κ3) is 3.02. The van der Waals surface area contributed by atoms with Gasteiger partial charge >= 0.3 is 5.97 Å². The van der Waals surface area contributed by atoms with E-state index in [1.54, 1.807) is 6.92 Å². The molecule has 1 aromatic heterocycles. The molecule has 0 bridgehead atoms. The molecule has 0 saturated heterocycles. The van der Waals surface area contributed by atoms with Crippen LogP contribution in [-0.2, 0) is 9.30 Å². The van der Waals surface area contributed by atoms with Gasteiger partial charge in [-0.25, -0.2) is 4.79 Å². The van der Waals surface area contributed by atoms with E-state index in [2.05, 4.69) is 4.98 Å². The maximum absolute atomic E-state index is 14.4. The fourth-order valence-electron chi connectivity index (χ4n) is 3.24. The molecule has 0 fully saturated rings. The van der Waals surface area contributed by atoms with Crippen molar-refractivity contribution in [1.82, 2.24) is 4.98 Å². The molecule has 26 heavy (non-hydrogen) atoms. The number of aromatic amines is 1. The second-order valence-corrected chi connectivity index (χ2v) is 8.80. The molecule has 134 valence electrons. The lowest BCUT2D eigenvalue weighted by molar-refractivity contribution is 0.0525. The van der Waals surface area contributed by atoms with E-state index in [1.807, 2.05) is 74.5 Å². The molecule has 0 radical (unpaired) electrons.